The quantitative estimate of drug-likeness (QED) is 0.199. The minimum absolute atomic E-state index is 0.327. The SMILES string of the molecule is C=C/C=C\C=C(/C)n1c(C=C)c(CCC)c2c3c(ccc21)c(/C=C\C=C)c(C)n3C1=C[C@H](C=C)CC=C1. The molecule has 0 saturated heterocycles. The first-order chi connectivity index (χ1) is 18.0. The molecule has 1 atom stereocenters. The maximum atomic E-state index is 4.24. The van der Waals surface area contributed by atoms with Crippen LogP contribution < -0.4 is 0 Å². The number of aryl methyl sites for hydroxylation is 1. The minimum Gasteiger partial charge on any atom is -0.314 e. The number of rotatable bonds is 10. The van der Waals surface area contributed by atoms with Crippen molar-refractivity contribution in [3.05, 3.63) is 122 Å². The molecule has 0 amide bonds. The molecule has 2 heteroatoms. The molecule has 37 heavy (non-hydrogen) atoms. The second-order valence-electron chi connectivity index (χ2n) is 9.50. The molecule has 0 saturated carbocycles. The van der Waals surface area contributed by atoms with Crippen molar-refractivity contribution in [2.45, 2.75) is 40.0 Å². The summed E-state index contributed by atoms with van der Waals surface area (Å²) in [5, 5.41) is 2.54. The minimum atomic E-state index is 0.327. The van der Waals surface area contributed by atoms with Gasteiger partial charge < -0.3 is 9.13 Å². The van der Waals surface area contributed by atoms with Gasteiger partial charge in [-0.1, -0.05) is 93.8 Å². The molecule has 0 spiro atoms. The fourth-order valence-electron chi connectivity index (χ4n) is 5.53. The Kier molecular flexibility index (Phi) is 7.98. The van der Waals surface area contributed by atoms with Crippen LogP contribution >= 0.6 is 0 Å². The number of nitrogens with zero attached hydrogens (tertiary/aromatic N) is 2. The van der Waals surface area contributed by atoms with Gasteiger partial charge in [-0.15, -0.1) is 6.58 Å². The average molecular weight is 487 g/mol. The Balaban J connectivity index is 2.22. The Labute approximate surface area is 222 Å². The van der Waals surface area contributed by atoms with Crippen molar-refractivity contribution in [2.24, 2.45) is 5.92 Å². The largest absolute Gasteiger partial charge is 0.314 e. The fraction of sp³-hybridized carbons (Fsp3) is 0.200. The molecule has 4 rings (SSSR count). The van der Waals surface area contributed by atoms with E-state index in [4.69, 9.17) is 0 Å². The molecule has 1 aliphatic carbocycles. The van der Waals surface area contributed by atoms with E-state index in [1.54, 1.807) is 6.08 Å². The first kappa shape index (κ1) is 26.0. The van der Waals surface area contributed by atoms with E-state index in [0.717, 1.165) is 30.7 Å². The van der Waals surface area contributed by atoms with Gasteiger partial charge in [-0.3, -0.25) is 0 Å². The van der Waals surface area contributed by atoms with Crippen LogP contribution in [-0.4, -0.2) is 9.13 Å². The van der Waals surface area contributed by atoms with Gasteiger partial charge in [0.1, 0.15) is 0 Å². The molecule has 0 fully saturated rings. The summed E-state index contributed by atoms with van der Waals surface area (Å²) in [6.45, 7) is 22.6. The highest BCUT2D eigenvalue weighted by atomic mass is 15.0. The van der Waals surface area contributed by atoms with Crippen molar-refractivity contribution >= 4 is 45.4 Å². The van der Waals surface area contributed by atoms with Gasteiger partial charge in [0.25, 0.3) is 0 Å². The lowest BCUT2D eigenvalue weighted by atomic mass is 9.99. The summed E-state index contributed by atoms with van der Waals surface area (Å²) in [5.74, 6) is 0.327. The number of hydrogen-bond donors (Lipinski definition) is 0. The maximum absolute atomic E-state index is 4.24. The van der Waals surface area contributed by atoms with Crippen LogP contribution in [0, 0.1) is 12.8 Å². The van der Waals surface area contributed by atoms with Crippen LogP contribution in [0.1, 0.15) is 49.2 Å². The molecule has 2 heterocycles. The Morgan fingerprint density at radius 3 is 2.54 bits per heavy atom. The lowest BCUT2D eigenvalue weighted by molar-refractivity contribution is 0.818. The van der Waals surface area contributed by atoms with E-state index in [9.17, 15) is 0 Å². The normalized spacial score (nSPS) is 16.2. The molecule has 0 aliphatic heterocycles. The third-order valence-corrected chi connectivity index (χ3v) is 7.16. The summed E-state index contributed by atoms with van der Waals surface area (Å²) < 4.78 is 4.80. The molecule has 0 bridgehead atoms. The molecule has 2 nitrogen and oxygen atoms in total. The maximum Gasteiger partial charge on any atom is 0.0634 e. The fourth-order valence-corrected chi connectivity index (χ4v) is 5.53. The summed E-state index contributed by atoms with van der Waals surface area (Å²) in [6, 6.07) is 4.54. The third kappa shape index (κ3) is 4.60. The van der Waals surface area contributed by atoms with Crippen LogP contribution in [-0.2, 0) is 6.42 Å². The first-order valence-electron chi connectivity index (χ1n) is 13.1. The Bertz CT molecular complexity index is 1540. The highest BCUT2D eigenvalue weighted by Crippen LogP contribution is 2.41. The van der Waals surface area contributed by atoms with Crippen molar-refractivity contribution in [3.8, 4) is 0 Å². The van der Waals surface area contributed by atoms with Gasteiger partial charge in [0, 0.05) is 45.0 Å². The second kappa shape index (κ2) is 11.3. The monoisotopic (exact) mass is 486 g/mol. The standard InChI is InChI=1S/C35H38N2/c1-8-13-15-18-25(6)36-32(12-5)31(17-10-3)34-33(36)23-22-30-29(21-14-9-2)26(7)37(35(30)34)28-20-16-19-27(11-4)24-28/h8-9,11-16,18,20-24,27H,1-2,4-5,10,17,19H2,3,6-7H3/b15-13-,21-14-,25-18+/t27-/m1/s1. The van der Waals surface area contributed by atoms with Crippen LogP contribution in [0.2, 0.25) is 0 Å². The zero-order valence-corrected chi connectivity index (χ0v) is 22.5. The number of aromatic nitrogens is 2. The second-order valence-corrected chi connectivity index (χ2v) is 9.50. The molecule has 2 aromatic heterocycles. The third-order valence-electron chi connectivity index (χ3n) is 7.16. The molecule has 0 radical (unpaired) electrons. The lowest BCUT2D eigenvalue weighted by Crippen LogP contribution is -2.04. The average Bonchev–Trinajstić information content (AvgIpc) is 3.38. The van der Waals surface area contributed by atoms with Gasteiger partial charge in [-0.05, 0) is 56.5 Å². The van der Waals surface area contributed by atoms with Gasteiger partial charge in [0.05, 0.1) is 11.0 Å². The summed E-state index contributed by atoms with van der Waals surface area (Å²) in [5.41, 5.74) is 9.74. The van der Waals surface area contributed by atoms with Gasteiger partial charge in [-0.25, -0.2) is 0 Å². The summed E-state index contributed by atoms with van der Waals surface area (Å²) in [4.78, 5) is 0. The lowest BCUT2D eigenvalue weighted by Gasteiger charge is -2.17. The molecular weight excluding hydrogens is 448 g/mol. The van der Waals surface area contributed by atoms with E-state index in [-0.39, 0.29) is 0 Å². The van der Waals surface area contributed by atoms with Crippen LogP contribution in [0.15, 0.2) is 99.2 Å². The predicted molar refractivity (Wildman–Crippen MR) is 166 cm³/mol. The Morgan fingerprint density at radius 1 is 1.08 bits per heavy atom. The zero-order valence-electron chi connectivity index (χ0n) is 22.5. The zero-order chi connectivity index (χ0) is 26.5. The predicted octanol–water partition coefficient (Wildman–Crippen LogP) is 9.91. The van der Waals surface area contributed by atoms with Crippen LogP contribution in [0.25, 0.3) is 45.4 Å². The van der Waals surface area contributed by atoms with Crippen LogP contribution in [0.5, 0.6) is 0 Å². The van der Waals surface area contributed by atoms with Crippen LogP contribution in [0.4, 0.5) is 0 Å². The van der Waals surface area contributed by atoms with E-state index in [0.29, 0.717) is 5.92 Å². The van der Waals surface area contributed by atoms with Gasteiger partial charge in [0.2, 0.25) is 0 Å². The molecule has 3 aromatic rings. The Hall–Kier alpha value is -4.04. The van der Waals surface area contributed by atoms with Crippen molar-refractivity contribution in [2.75, 3.05) is 0 Å². The highest BCUT2D eigenvalue weighted by molar-refractivity contribution is 6.13. The number of hydrogen-bond acceptors (Lipinski definition) is 0. The topological polar surface area (TPSA) is 9.86 Å². The summed E-state index contributed by atoms with van der Waals surface area (Å²) in [7, 11) is 0. The van der Waals surface area contributed by atoms with Gasteiger partial charge >= 0.3 is 0 Å². The van der Waals surface area contributed by atoms with E-state index in [1.165, 1.54) is 44.3 Å². The smallest absolute Gasteiger partial charge is 0.0634 e. The molecule has 1 aromatic carbocycles. The molecule has 0 unspecified atom stereocenters. The van der Waals surface area contributed by atoms with Gasteiger partial charge in [0.15, 0.2) is 0 Å². The molecule has 0 N–H and O–H groups in total. The number of benzene rings is 1. The highest BCUT2D eigenvalue weighted by Gasteiger charge is 2.24. The van der Waals surface area contributed by atoms with Crippen LogP contribution in [0.3, 0.4) is 0 Å². The van der Waals surface area contributed by atoms with Crippen molar-refractivity contribution in [3.63, 3.8) is 0 Å². The molecular formula is C35H38N2. The molecule has 1 aliphatic rings. The van der Waals surface area contributed by atoms with Crippen molar-refractivity contribution in [1.29, 1.82) is 0 Å². The van der Waals surface area contributed by atoms with E-state index < -0.39 is 0 Å². The summed E-state index contributed by atoms with van der Waals surface area (Å²) in [6.07, 6.45) is 27.9. The van der Waals surface area contributed by atoms with Crippen molar-refractivity contribution in [1.82, 2.24) is 9.13 Å². The summed E-state index contributed by atoms with van der Waals surface area (Å²) >= 11 is 0. The first-order valence-corrected chi connectivity index (χ1v) is 13.1. The van der Waals surface area contributed by atoms with E-state index in [2.05, 4.69) is 98.7 Å². The van der Waals surface area contributed by atoms with Gasteiger partial charge in [-0.2, -0.15) is 0 Å². The molecule has 188 valence electrons. The van der Waals surface area contributed by atoms with E-state index in [1.807, 2.05) is 36.5 Å². The van der Waals surface area contributed by atoms with Crippen molar-refractivity contribution < 1.29 is 0 Å². The van der Waals surface area contributed by atoms with E-state index >= 15 is 0 Å². The Morgan fingerprint density at radius 2 is 1.86 bits per heavy atom. The number of allylic oxidation sites excluding steroid dienone is 12. The number of fused-ring (bicyclic) bond motifs is 3.